The first kappa shape index (κ1) is 33.6. The van der Waals surface area contributed by atoms with E-state index in [4.69, 9.17) is 5.11 Å². The van der Waals surface area contributed by atoms with Crippen LogP contribution in [0.1, 0.15) is 51.4 Å². The molecule has 0 aromatic heterocycles. The van der Waals surface area contributed by atoms with Gasteiger partial charge in [0.25, 0.3) is 0 Å². The van der Waals surface area contributed by atoms with E-state index in [9.17, 15) is 29.1 Å². The lowest BCUT2D eigenvalue weighted by Gasteiger charge is -2.20. The number of carboxylic acids is 1. The molecule has 2 amide bonds. The normalized spacial score (nSPS) is 13.4. The van der Waals surface area contributed by atoms with Crippen LogP contribution in [0.3, 0.4) is 0 Å². The van der Waals surface area contributed by atoms with Crippen molar-refractivity contribution in [3.63, 3.8) is 0 Å². The van der Waals surface area contributed by atoms with Crippen LogP contribution < -0.4 is 26.6 Å². The van der Waals surface area contributed by atoms with Crippen LogP contribution in [0.2, 0.25) is 0 Å². The zero-order chi connectivity index (χ0) is 27.3. The van der Waals surface area contributed by atoms with Gasteiger partial charge in [-0.25, -0.2) is 0 Å². The third kappa shape index (κ3) is 15.6. The third-order valence-electron chi connectivity index (χ3n) is 5.89. The smallest absolute Gasteiger partial charge is 0.322 e. The van der Waals surface area contributed by atoms with Crippen molar-refractivity contribution in [2.24, 2.45) is 11.8 Å². The number of carboxylic acid groups (broad SMARTS) is 1. The van der Waals surface area contributed by atoms with E-state index in [0.29, 0.717) is 12.8 Å². The molecule has 0 saturated carbocycles. The summed E-state index contributed by atoms with van der Waals surface area (Å²) < 4.78 is 0. The lowest BCUT2D eigenvalue weighted by molar-refractivity contribution is -0.139. The van der Waals surface area contributed by atoms with Gasteiger partial charge in [-0.15, -0.1) is 0 Å². The zero-order valence-electron chi connectivity index (χ0n) is 21.9. The van der Waals surface area contributed by atoms with Crippen LogP contribution in [0.5, 0.6) is 0 Å². The van der Waals surface area contributed by atoms with E-state index in [1.54, 1.807) is 7.05 Å². The topological polar surface area (TPSA) is 186 Å². The summed E-state index contributed by atoms with van der Waals surface area (Å²) >= 11 is 0. The number of likely N-dealkylation sites (N-methyl/N-ethyl adjacent to an activating group) is 1. The van der Waals surface area contributed by atoms with Gasteiger partial charge in [-0.1, -0.05) is 12.8 Å². The number of carbonyl (C=O) groups is 5. The number of Topliss-reactive ketones (excluding diaryl/α,β-unsaturated/α-hetero) is 2. The Balaban J connectivity index is 4.95. The molecular weight excluding hydrogens is 470 g/mol. The van der Waals surface area contributed by atoms with Crippen molar-refractivity contribution in [3.05, 3.63) is 0 Å². The number of nitrogens with one attached hydrogen (secondary N) is 5. The number of carbonyl (C=O) groups excluding carboxylic acids is 4. The largest absolute Gasteiger partial charge is 0.480 e. The van der Waals surface area contributed by atoms with Crippen LogP contribution in [0.4, 0.5) is 0 Å². The van der Waals surface area contributed by atoms with E-state index in [2.05, 4.69) is 26.6 Å². The average Bonchev–Trinajstić information content (AvgIpc) is 2.85. The van der Waals surface area contributed by atoms with Crippen molar-refractivity contribution in [2.75, 3.05) is 53.9 Å². The molecule has 0 aliphatic rings. The molecule has 12 nitrogen and oxygen atoms in total. The molecule has 7 N–H and O–H groups in total. The van der Waals surface area contributed by atoms with Crippen LogP contribution in [-0.2, 0) is 24.0 Å². The van der Waals surface area contributed by atoms with E-state index >= 15 is 0 Å². The summed E-state index contributed by atoms with van der Waals surface area (Å²) in [5.41, 5.74) is 0. The SMILES string of the molecule is CNCCCCC(CC(=O)C(CCCCNC)NC)C(=O)NCC(=O)CC(CO)C(=O)NCC(=O)O. The van der Waals surface area contributed by atoms with Gasteiger partial charge in [0.1, 0.15) is 6.54 Å². The van der Waals surface area contributed by atoms with E-state index in [1.165, 1.54) is 0 Å². The molecule has 0 aromatic rings. The number of unbranched alkanes of at least 4 members (excludes halogenated alkanes) is 2. The average molecular weight is 516 g/mol. The van der Waals surface area contributed by atoms with Crippen molar-refractivity contribution in [1.29, 1.82) is 0 Å². The first-order chi connectivity index (χ1) is 17.2. The van der Waals surface area contributed by atoms with Crippen LogP contribution >= 0.6 is 0 Å². The maximum absolute atomic E-state index is 12.9. The van der Waals surface area contributed by atoms with Crippen LogP contribution in [0, 0.1) is 11.8 Å². The Morgan fingerprint density at radius 3 is 1.81 bits per heavy atom. The van der Waals surface area contributed by atoms with Crippen molar-refractivity contribution >= 4 is 29.4 Å². The highest BCUT2D eigenvalue weighted by Gasteiger charge is 2.27. The number of aliphatic hydroxyl groups is 1. The Morgan fingerprint density at radius 1 is 0.722 bits per heavy atom. The van der Waals surface area contributed by atoms with Gasteiger partial charge in [0.05, 0.1) is 25.1 Å². The van der Waals surface area contributed by atoms with Gasteiger partial charge in [-0.2, -0.15) is 0 Å². The summed E-state index contributed by atoms with van der Waals surface area (Å²) in [5, 5.41) is 31.9. The van der Waals surface area contributed by atoms with Crippen molar-refractivity contribution in [1.82, 2.24) is 26.6 Å². The maximum Gasteiger partial charge on any atom is 0.322 e. The molecule has 36 heavy (non-hydrogen) atoms. The summed E-state index contributed by atoms with van der Waals surface area (Å²) in [4.78, 5) is 60.6. The van der Waals surface area contributed by atoms with Crippen molar-refractivity contribution < 1.29 is 34.2 Å². The number of hydrogen-bond donors (Lipinski definition) is 7. The Bertz CT molecular complexity index is 690. The molecular formula is C24H45N5O7. The van der Waals surface area contributed by atoms with Gasteiger partial charge in [-0.3, -0.25) is 24.0 Å². The second kappa shape index (κ2) is 20.7. The van der Waals surface area contributed by atoms with Gasteiger partial charge in [-0.05, 0) is 59.9 Å². The molecule has 0 fully saturated rings. The number of aliphatic carboxylic acids is 1. The predicted molar refractivity (Wildman–Crippen MR) is 135 cm³/mol. The molecule has 3 unspecified atom stereocenters. The fourth-order valence-corrected chi connectivity index (χ4v) is 3.74. The van der Waals surface area contributed by atoms with Crippen LogP contribution in [0.25, 0.3) is 0 Å². The van der Waals surface area contributed by atoms with Gasteiger partial charge in [0, 0.05) is 18.8 Å². The first-order valence-corrected chi connectivity index (χ1v) is 12.6. The van der Waals surface area contributed by atoms with Gasteiger partial charge in [0.2, 0.25) is 11.8 Å². The van der Waals surface area contributed by atoms with E-state index in [-0.39, 0.29) is 31.2 Å². The maximum atomic E-state index is 12.9. The quantitative estimate of drug-likeness (QED) is 0.0816. The number of ketones is 2. The third-order valence-corrected chi connectivity index (χ3v) is 5.89. The molecule has 0 bridgehead atoms. The second-order valence-electron chi connectivity index (χ2n) is 8.86. The highest BCUT2D eigenvalue weighted by molar-refractivity contribution is 5.93. The molecule has 0 aromatic carbocycles. The summed E-state index contributed by atoms with van der Waals surface area (Å²) in [5.74, 6) is -4.60. The van der Waals surface area contributed by atoms with Crippen LogP contribution in [0.15, 0.2) is 0 Å². The number of hydrogen-bond acceptors (Lipinski definition) is 9. The standard InChI is InChI=1S/C24H45N5O7/c1-25-10-6-4-8-17(13-21(32)20(27-3)9-5-7-11-26-2)23(35)28-14-19(31)12-18(16-30)24(36)29-15-22(33)34/h17-18,20,25-27,30H,4-16H2,1-3H3,(H,28,35)(H,29,36)(H,33,34). The van der Waals surface area contributed by atoms with E-state index in [0.717, 1.165) is 38.8 Å². The molecule has 3 atom stereocenters. The molecule has 0 radical (unpaired) electrons. The Hall–Kier alpha value is -2.41. The summed E-state index contributed by atoms with van der Waals surface area (Å²) in [6.07, 6.45) is 4.30. The molecule has 0 saturated heterocycles. The monoisotopic (exact) mass is 515 g/mol. The van der Waals surface area contributed by atoms with Crippen molar-refractivity contribution in [3.8, 4) is 0 Å². The minimum Gasteiger partial charge on any atom is -0.480 e. The molecule has 0 heterocycles. The fraction of sp³-hybridized carbons (Fsp3) is 0.792. The lowest BCUT2D eigenvalue weighted by Crippen LogP contribution is -2.41. The summed E-state index contributed by atoms with van der Waals surface area (Å²) in [6, 6.07) is -0.342. The molecule has 208 valence electrons. The van der Waals surface area contributed by atoms with Crippen LogP contribution in [-0.4, -0.2) is 99.5 Å². The van der Waals surface area contributed by atoms with E-state index in [1.807, 2.05) is 14.1 Å². The summed E-state index contributed by atoms with van der Waals surface area (Å²) in [7, 11) is 5.44. The Kier molecular flexibility index (Phi) is 19.4. The Morgan fingerprint density at radius 2 is 1.28 bits per heavy atom. The van der Waals surface area contributed by atoms with Gasteiger partial charge in [0.15, 0.2) is 11.6 Å². The van der Waals surface area contributed by atoms with Crippen molar-refractivity contribution in [2.45, 2.75) is 57.4 Å². The summed E-state index contributed by atoms with van der Waals surface area (Å²) in [6.45, 7) is 0.0632. The number of rotatable bonds is 23. The van der Waals surface area contributed by atoms with E-state index < -0.39 is 48.6 Å². The first-order valence-electron chi connectivity index (χ1n) is 12.6. The predicted octanol–water partition coefficient (Wildman–Crippen LogP) is -1.19. The zero-order valence-corrected chi connectivity index (χ0v) is 21.9. The highest BCUT2D eigenvalue weighted by Crippen LogP contribution is 2.17. The highest BCUT2D eigenvalue weighted by atomic mass is 16.4. The van der Waals surface area contributed by atoms with Gasteiger partial charge < -0.3 is 36.8 Å². The molecule has 0 spiro atoms. The number of amides is 2. The molecule has 0 aliphatic heterocycles. The molecule has 0 rings (SSSR count). The number of aliphatic hydroxyl groups excluding tert-OH is 1. The fourth-order valence-electron chi connectivity index (χ4n) is 3.74. The minimum absolute atomic E-state index is 0.0440. The molecule has 0 aliphatic carbocycles. The molecule has 12 heteroatoms. The van der Waals surface area contributed by atoms with Gasteiger partial charge >= 0.3 is 5.97 Å². The Labute approximate surface area is 213 Å². The lowest BCUT2D eigenvalue weighted by atomic mass is 9.91. The second-order valence-corrected chi connectivity index (χ2v) is 8.86. The minimum atomic E-state index is -1.24.